The number of pyridine rings is 2. The first-order valence-corrected chi connectivity index (χ1v) is 9.57. The van der Waals surface area contributed by atoms with E-state index in [2.05, 4.69) is 20.3 Å². The number of para-hydroxylation sites is 1. The van der Waals surface area contributed by atoms with Crippen molar-refractivity contribution in [1.29, 1.82) is 0 Å². The molecule has 0 unspecified atom stereocenters. The normalized spacial score (nSPS) is 10.9. The highest BCUT2D eigenvalue weighted by atomic mass is 16.5. The highest BCUT2D eigenvalue weighted by molar-refractivity contribution is 6.05. The fourth-order valence-corrected chi connectivity index (χ4v) is 3.58. The van der Waals surface area contributed by atoms with Crippen LogP contribution in [0, 0.1) is 13.8 Å². The molecule has 0 bridgehead atoms. The number of aromatic amines is 2. The Bertz CT molecular complexity index is 1300. The molecule has 0 saturated heterocycles. The summed E-state index contributed by atoms with van der Waals surface area (Å²) in [5.74, 6) is 0.319. The Morgan fingerprint density at radius 1 is 1.17 bits per heavy atom. The van der Waals surface area contributed by atoms with Crippen LogP contribution in [0.5, 0.6) is 5.75 Å². The van der Waals surface area contributed by atoms with Gasteiger partial charge in [-0.15, -0.1) is 0 Å². The number of hydrogen-bond donors (Lipinski definition) is 3. The number of fused-ring (bicyclic) bond motifs is 1. The number of carbonyl (C=O) groups is 1. The summed E-state index contributed by atoms with van der Waals surface area (Å²) in [6.07, 6.45) is 1.77. The van der Waals surface area contributed by atoms with Gasteiger partial charge in [-0.05, 0) is 49.7 Å². The smallest absolute Gasteiger partial charge is 0.270 e. The molecule has 0 aliphatic heterocycles. The maximum atomic E-state index is 13.0. The van der Waals surface area contributed by atoms with Crippen LogP contribution in [0.2, 0.25) is 0 Å². The van der Waals surface area contributed by atoms with E-state index in [1.165, 1.54) is 0 Å². The molecule has 152 valence electrons. The molecule has 1 amide bonds. The van der Waals surface area contributed by atoms with Crippen LogP contribution in [0.1, 0.15) is 27.3 Å². The van der Waals surface area contributed by atoms with Crippen LogP contribution in [-0.4, -0.2) is 28.0 Å². The van der Waals surface area contributed by atoms with Crippen molar-refractivity contribution < 1.29 is 9.53 Å². The fourth-order valence-electron chi connectivity index (χ4n) is 3.58. The maximum Gasteiger partial charge on any atom is 0.270 e. The molecule has 4 aromatic rings. The predicted octanol–water partition coefficient (Wildman–Crippen LogP) is 3.47. The zero-order valence-corrected chi connectivity index (χ0v) is 17.0. The average molecular weight is 402 g/mol. The Morgan fingerprint density at radius 2 is 1.97 bits per heavy atom. The number of methoxy groups -OCH3 is 1. The summed E-state index contributed by atoms with van der Waals surface area (Å²) in [6, 6.07) is 13.1. The molecule has 3 N–H and O–H groups in total. The summed E-state index contributed by atoms with van der Waals surface area (Å²) in [6.45, 7) is 3.80. The van der Waals surface area contributed by atoms with E-state index in [0.29, 0.717) is 22.4 Å². The van der Waals surface area contributed by atoms with E-state index >= 15 is 0 Å². The number of hydrogen-bond acceptors (Lipinski definition) is 4. The summed E-state index contributed by atoms with van der Waals surface area (Å²) in [5.41, 5.74) is 4.44. The van der Waals surface area contributed by atoms with Crippen molar-refractivity contribution in [2.75, 3.05) is 7.11 Å². The first-order valence-electron chi connectivity index (χ1n) is 9.57. The van der Waals surface area contributed by atoms with E-state index in [-0.39, 0.29) is 23.7 Å². The Hall–Kier alpha value is -3.87. The van der Waals surface area contributed by atoms with Gasteiger partial charge in [0.2, 0.25) is 0 Å². The second-order valence-electron chi connectivity index (χ2n) is 7.12. The summed E-state index contributed by atoms with van der Waals surface area (Å²) < 4.78 is 5.45. The highest BCUT2D eigenvalue weighted by Crippen LogP contribution is 2.31. The third-order valence-corrected chi connectivity index (χ3v) is 5.06. The molecule has 0 spiro atoms. The monoisotopic (exact) mass is 402 g/mol. The van der Waals surface area contributed by atoms with Crippen LogP contribution in [0.4, 0.5) is 0 Å². The van der Waals surface area contributed by atoms with Crippen molar-refractivity contribution in [3.05, 3.63) is 81.5 Å². The van der Waals surface area contributed by atoms with Gasteiger partial charge in [0.25, 0.3) is 11.5 Å². The van der Waals surface area contributed by atoms with Crippen LogP contribution >= 0.6 is 0 Å². The largest absolute Gasteiger partial charge is 0.496 e. The topological polar surface area (TPSA) is 99.9 Å². The van der Waals surface area contributed by atoms with Crippen LogP contribution in [0.25, 0.3) is 22.2 Å². The SMILES string of the molecule is COc1ccccc1-c1cc2[nH]ccc2c(C(=O)NCc2c(C)cc(C)[nH]c2=O)n1. The molecule has 0 atom stereocenters. The number of H-pyrrole nitrogens is 2. The van der Waals surface area contributed by atoms with E-state index in [4.69, 9.17) is 4.74 Å². The fraction of sp³-hybridized carbons (Fsp3) is 0.174. The van der Waals surface area contributed by atoms with Gasteiger partial charge in [-0.1, -0.05) is 12.1 Å². The number of nitrogens with one attached hydrogen (secondary N) is 3. The van der Waals surface area contributed by atoms with Gasteiger partial charge in [-0.3, -0.25) is 9.59 Å². The second-order valence-corrected chi connectivity index (χ2v) is 7.12. The van der Waals surface area contributed by atoms with Crippen molar-refractivity contribution in [3.8, 4) is 17.0 Å². The summed E-state index contributed by atoms with van der Waals surface area (Å²) in [5, 5.41) is 3.55. The average Bonchev–Trinajstić information content (AvgIpc) is 3.20. The molecule has 3 heterocycles. The van der Waals surface area contributed by atoms with Crippen molar-refractivity contribution in [2.45, 2.75) is 20.4 Å². The predicted molar refractivity (Wildman–Crippen MR) is 116 cm³/mol. The zero-order chi connectivity index (χ0) is 21.3. The van der Waals surface area contributed by atoms with E-state index in [0.717, 1.165) is 22.3 Å². The molecule has 7 nitrogen and oxygen atoms in total. The number of benzene rings is 1. The third-order valence-electron chi connectivity index (χ3n) is 5.06. The Balaban J connectivity index is 1.71. The van der Waals surface area contributed by atoms with Gasteiger partial charge in [-0.25, -0.2) is 4.98 Å². The molecule has 0 aliphatic rings. The Morgan fingerprint density at radius 3 is 2.73 bits per heavy atom. The molecular formula is C23H22N4O3. The Labute approximate surface area is 173 Å². The first-order chi connectivity index (χ1) is 14.5. The lowest BCUT2D eigenvalue weighted by Crippen LogP contribution is -2.28. The lowest BCUT2D eigenvalue weighted by atomic mass is 10.1. The van der Waals surface area contributed by atoms with Gasteiger partial charge in [0, 0.05) is 40.5 Å². The van der Waals surface area contributed by atoms with Crippen LogP contribution in [0.15, 0.2) is 53.5 Å². The van der Waals surface area contributed by atoms with E-state index in [9.17, 15) is 9.59 Å². The quantitative estimate of drug-likeness (QED) is 0.476. The van der Waals surface area contributed by atoms with Crippen molar-refractivity contribution in [1.82, 2.24) is 20.3 Å². The summed E-state index contributed by atoms with van der Waals surface area (Å²) in [7, 11) is 1.60. The van der Waals surface area contributed by atoms with E-state index < -0.39 is 0 Å². The van der Waals surface area contributed by atoms with Crippen molar-refractivity contribution >= 4 is 16.8 Å². The van der Waals surface area contributed by atoms with Gasteiger partial charge < -0.3 is 20.0 Å². The lowest BCUT2D eigenvalue weighted by Gasteiger charge is -2.11. The number of ether oxygens (including phenoxy) is 1. The molecule has 7 heteroatoms. The van der Waals surface area contributed by atoms with Crippen LogP contribution in [0.3, 0.4) is 0 Å². The summed E-state index contributed by atoms with van der Waals surface area (Å²) >= 11 is 0. The highest BCUT2D eigenvalue weighted by Gasteiger charge is 2.17. The van der Waals surface area contributed by atoms with Gasteiger partial charge >= 0.3 is 0 Å². The molecule has 0 fully saturated rings. The van der Waals surface area contributed by atoms with Crippen molar-refractivity contribution in [2.24, 2.45) is 0 Å². The van der Waals surface area contributed by atoms with Gasteiger partial charge in [0.1, 0.15) is 11.4 Å². The number of amides is 1. The van der Waals surface area contributed by atoms with Gasteiger partial charge in [-0.2, -0.15) is 0 Å². The minimum Gasteiger partial charge on any atom is -0.496 e. The number of aryl methyl sites for hydroxylation is 2. The van der Waals surface area contributed by atoms with E-state index in [1.54, 1.807) is 13.3 Å². The molecule has 0 aliphatic carbocycles. The molecule has 4 rings (SSSR count). The lowest BCUT2D eigenvalue weighted by molar-refractivity contribution is 0.0947. The number of aromatic nitrogens is 3. The first kappa shape index (κ1) is 19.4. The minimum atomic E-state index is -0.351. The molecule has 0 saturated carbocycles. The molecular weight excluding hydrogens is 380 g/mol. The number of nitrogens with zero attached hydrogens (tertiary/aromatic N) is 1. The zero-order valence-electron chi connectivity index (χ0n) is 17.0. The van der Waals surface area contributed by atoms with Crippen LogP contribution in [-0.2, 0) is 6.54 Å². The molecule has 0 radical (unpaired) electrons. The van der Waals surface area contributed by atoms with Crippen molar-refractivity contribution in [3.63, 3.8) is 0 Å². The Kier molecular flexibility index (Phi) is 5.10. The third kappa shape index (κ3) is 3.57. The minimum absolute atomic E-state index is 0.118. The maximum absolute atomic E-state index is 13.0. The second kappa shape index (κ2) is 7.87. The van der Waals surface area contributed by atoms with E-state index in [1.807, 2.05) is 56.3 Å². The molecule has 1 aromatic carbocycles. The summed E-state index contributed by atoms with van der Waals surface area (Å²) in [4.78, 5) is 35.8. The molecule has 30 heavy (non-hydrogen) atoms. The number of rotatable bonds is 5. The standard InChI is InChI=1S/C23H22N4O3/c1-13-10-14(2)26-22(28)17(13)12-25-23(29)21-16-8-9-24-18(16)11-19(27-21)15-6-4-5-7-20(15)30-3/h4-11,24H,12H2,1-3H3,(H,25,29)(H,26,28). The molecule has 3 aromatic heterocycles. The van der Waals surface area contributed by atoms with Crippen LogP contribution < -0.4 is 15.6 Å². The van der Waals surface area contributed by atoms with Gasteiger partial charge in [0.15, 0.2) is 0 Å². The van der Waals surface area contributed by atoms with Gasteiger partial charge in [0.05, 0.1) is 12.8 Å². The number of carbonyl (C=O) groups excluding carboxylic acids is 1.